The second kappa shape index (κ2) is 3.47. The zero-order valence-corrected chi connectivity index (χ0v) is 10.4. The van der Waals surface area contributed by atoms with E-state index in [1.807, 2.05) is 12.1 Å². The highest BCUT2D eigenvalue weighted by Gasteiger charge is 2.08. The SMILES string of the molecule is Oc1ccc2sc3c4ccccc4ccc3c2c1. The molecule has 4 aromatic rings. The third kappa shape index (κ3) is 1.27. The molecule has 0 unspecified atom stereocenters. The molecule has 0 atom stereocenters. The second-order valence-electron chi connectivity index (χ2n) is 4.45. The minimum Gasteiger partial charge on any atom is -0.508 e. The lowest BCUT2D eigenvalue weighted by Crippen LogP contribution is -1.72. The molecule has 0 radical (unpaired) electrons. The summed E-state index contributed by atoms with van der Waals surface area (Å²) in [6.07, 6.45) is 0. The topological polar surface area (TPSA) is 20.2 Å². The highest BCUT2D eigenvalue weighted by Crippen LogP contribution is 2.39. The highest BCUT2D eigenvalue weighted by atomic mass is 32.1. The zero-order chi connectivity index (χ0) is 12.1. The van der Waals surface area contributed by atoms with Crippen molar-refractivity contribution in [2.75, 3.05) is 0 Å². The molecule has 0 saturated heterocycles. The Labute approximate surface area is 108 Å². The predicted octanol–water partition coefficient (Wildman–Crippen LogP) is 4.91. The molecule has 0 spiro atoms. The maximum absolute atomic E-state index is 9.63. The normalized spacial score (nSPS) is 11.6. The van der Waals surface area contributed by atoms with E-state index in [1.54, 1.807) is 17.4 Å². The van der Waals surface area contributed by atoms with Crippen molar-refractivity contribution in [2.45, 2.75) is 0 Å². The Balaban J connectivity index is 2.30. The van der Waals surface area contributed by atoms with E-state index in [0.29, 0.717) is 5.75 Å². The molecule has 3 aromatic carbocycles. The van der Waals surface area contributed by atoms with Crippen molar-refractivity contribution >= 4 is 42.3 Å². The summed E-state index contributed by atoms with van der Waals surface area (Å²) in [5.74, 6) is 0.329. The molecule has 0 fully saturated rings. The lowest BCUT2D eigenvalue weighted by atomic mass is 10.1. The van der Waals surface area contributed by atoms with Crippen molar-refractivity contribution < 1.29 is 5.11 Å². The van der Waals surface area contributed by atoms with Crippen molar-refractivity contribution in [1.82, 2.24) is 0 Å². The van der Waals surface area contributed by atoms with Gasteiger partial charge in [0.05, 0.1) is 0 Å². The molecular formula is C16H10OS. The quantitative estimate of drug-likeness (QED) is 0.470. The van der Waals surface area contributed by atoms with Crippen LogP contribution in [0, 0.1) is 0 Å². The molecule has 1 N–H and O–H groups in total. The fourth-order valence-electron chi connectivity index (χ4n) is 2.49. The predicted molar refractivity (Wildman–Crippen MR) is 78.5 cm³/mol. The van der Waals surface area contributed by atoms with E-state index >= 15 is 0 Å². The molecule has 0 bridgehead atoms. The van der Waals surface area contributed by atoms with E-state index in [1.165, 1.54) is 25.6 Å². The van der Waals surface area contributed by atoms with Crippen LogP contribution in [-0.2, 0) is 0 Å². The van der Waals surface area contributed by atoms with Gasteiger partial charge >= 0.3 is 0 Å². The Kier molecular flexibility index (Phi) is 1.91. The van der Waals surface area contributed by atoms with Gasteiger partial charge in [-0.2, -0.15) is 0 Å². The first kappa shape index (κ1) is 9.92. The first-order valence-corrected chi connectivity index (χ1v) is 6.67. The number of fused-ring (bicyclic) bond motifs is 5. The van der Waals surface area contributed by atoms with Gasteiger partial charge in [0.15, 0.2) is 0 Å². The summed E-state index contributed by atoms with van der Waals surface area (Å²) >= 11 is 1.79. The summed E-state index contributed by atoms with van der Waals surface area (Å²) in [6.45, 7) is 0. The van der Waals surface area contributed by atoms with Crippen molar-refractivity contribution in [2.24, 2.45) is 0 Å². The van der Waals surface area contributed by atoms with Crippen LogP contribution in [0.15, 0.2) is 54.6 Å². The molecule has 0 aliphatic heterocycles. The molecule has 0 aliphatic rings. The van der Waals surface area contributed by atoms with E-state index in [4.69, 9.17) is 0 Å². The first-order chi connectivity index (χ1) is 8.83. The maximum atomic E-state index is 9.63. The van der Waals surface area contributed by atoms with Crippen LogP contribution in [0.2, 0.25) is 0 Å². The molecule has 0 saturated carbocycles. The van der Waals surface area contributed by atoms with E-state index < -0.39 is 0 Å². The zero-order valence-electron chi connectivity index (χ0n) is 9.55. The molecule has 4 rings (SSSR count). The number of phenols is 1. The molecule has 0 aliphatic carbocycles. The molecule has 0 amide bonds. The van der Waals surface area contributed by atoms with Crippen LogP contribution in [-0.4, -0.2) is 5.11 Å². The van der Waals surface area contributed by atoms with Crippen molar-refractivity contribution in [3.05, 3.63) is 54.6 Å². The van der Waals surface area contributed by atoms with Gasteiger partial charge in [0, 0.05) is 20.2 Å². The number of hydrogen-bond donors (Lipinski definition) is 1. The summed E-state index contributed by atoms with van der Waals surface area (Å²) < 4.78 is 2.52. The minimum atomic E-state index is 0.329. The maximum Gasteiger partial charge on any atom is 0.116 e. The third-order valence-corrected chi connectivity index (χ3v) is 4.56. The summed E-state index contributed by atoms with van der Waals surface area (Å²) in [5, 5.41) is 14.5. The number of thiophene rings is 1. The van der Waals surface area contributed by atoms with Gasteiger partial charge in [-0.3, -0.25) is 0 Å². The minimum absolute atomic E-state index is 0.329. The summed E-state index contributed by atoms with van der Waals surface area (Å²) in [7, 11) is 0. The fourth-order valence-corrected chi connectivity index (χ4v) is 3.71. The Morgan fingerprint density at radius 2 is 1.67 bits per heavy atom. The van der Waals surface area contributed by atoms with Crippen LogP contribution in [0.4, 0.5) is 0 Å². The molecule has 1 nitrogen and oxygen atoms in total. The number of benzene rings is 3. The highest BCUT2D eigenvalue weighted by molar-refractivity contribution is 7.26. The van der Waals surface area contributed by atoms with Crippen molar-refractivity contribution in [3.8, 4) is 5.75 Å². The summed E-state index contributed by atoms with van der Waals surface area (Å²) in [5.41, 5.74) is 0. The summed E-state index contributed by atoms with van der Waals surface area (Å²) in [6, 6.07) is 18.3. The average Bonchev–Trinajstić information content (AvgIpc) is 2.77. The van der Waals surface area contributed by atoms with Gasteiger partial charge in [0.25, 0.3) is 0 Å². The number of phenolic OH excluding ortho intramolecular Hbond substituents is 1. The van der Waals surface area contributed by atoms with Crippen molar-refractivity contribution in [1.29, 1.82) is 0 Å². The van der Waals surface area contributed by atoms with E-state index in [-0.39, 0.29) is 0 Å². The van der Waals surface area contributed by atoms with E-state index in [0.717, 1.165) is 5.39 Å². The summed E-state index contributed by atoms with van der Waals surface area (Å²) in [4.78, 5) is 0. The number of rotatable bonds is 0. The molecule has 1 aromatic heterocycles. The van der Waals surface area contributed by atoms with Crippen LogP contribution in [0.25, 0.3) is 30.9 Å². The van der Waals surface area contributed by atoms with Gasteiger partial charge in [0.1, 0.15) is 5.75 Å². The molecular weight excluding hydrogens is 240 g/mol. The standard InChI is InChI=1S/C16H10OS/c17-11-6-8-15-14(9-11)13-7-5-10-3-1-2-4-12(10)16(13)18-15/h1-9,17H. The fraction of sp³-hybridized carbons (Fsp3) is 0. The smallest absolute Gasteiger partial charge is 0.116 e. The monoisotopic (exact) mass is 250 g/mol. The largest absolute Gasteiger partial charge is 0.508 e. The van der Waals surface area contributed by atoms with E-state index in [9.17, 15) is 5.11 Å². The lowest BCUT2D eigenvalue weighted by Gasteiger charge is -1.98. The van der Waals surface area contributed by atoms with Crippen molar-refractivity contribution in [3.63, 3.8) is 0 Å². The Bertz CT molecular complexity index is 889. The van der Waals surface area contributed by atoms with Gasteiger partial charge in [-0.25, -0.2) is 0 Å². The second-order valence-corrected chi connectivity index (χ2v) is 5.50. The van der Waals surface area contributed by atoms with Crippen LogP contribution in [0.1, 0.15) is 0 Å². The van der Waals surface area contributed by atoms with Gasteiger partial charge < -0.3 is 5.11 Å². The van der Waals surface area contributed by atoms with Gasteiger partial charge in [-0.1, -0.05) is 36.4 Å². The number of aromatic hydroxyl groups is 1. The first-order valence-electron chi connectivity index (χ1n) is 5.86. The van der Waals surface area contributed by atoms with Gasteiger partial charge in [0.2, 0.25) is 0 Å². The van der Waals surface area contributed by atoms with Gasteiger partial charge in [-0.05, 0) is 29.0 Å². The molecule has 1 heterocycles. The average molecular weight is 250 g/mol. The van der Waals surface area contributed by atoms with E-state index in [2.05, 4.69) is 36.4 Å². The Morgan fingerprint density at radius 3 is 2.61 bits per heavy atom. The molecule has 2 heteroatoms. The van der Waals surface area contributed by atoms with Gasteiger partial charge in [-0.15, -0.1) is 11.3 Å². The van der Waals surface area contributed by atoms with Crippen LogP contribution in [0.3, 0.4) is 0 Å². The van der Waals surface area contributed by atoms with Crippen LogP contribution >= 0.6 is 11.3 Å². The van der Waals surface area contributed by atoms with Crippen LogP contribution in [0.5, 0.6) is 5.75 Å². The number of hydrogen-bond acceptors (Lipinski definition) is 2. The van der Waals surface area contributed by atoms with Crippen LogP contribution < -0.4 is 0 Å². The third-order valence-electron chi connectivity index (χ3n) is 3.34. The molecule has 18 heavy (non-hydrogen) atoms. The Morgan fingerprint density at radius 1 is 0.778 bits per heavy atom. The Hall–Kier alpha value is -2.06. The molecule has 86 valence electrons. The lowest BCUT2D eigenvalue weighted by molar-refractivity contribution is 0.476.